The smallest absolute Gasteiger partial charge is 0.243 e. The summed E-state index contributed by atoms with van der Waals surface area (Å²) < 4.78 is 38.0. The van der Waals surface area contributed by atoms with Crippen molar-refractivity contribution in [3.63, 3.8) is 0 Å². The zero-order valence-electron chi connectivity index (χ0n) is 15.5. The van der Waals surface area contributed by atoms with Gasteiger partial charge in [0.05, 0.1) is 35.4 Å². The van der Waals surface area contributed by atoms with Crippen molar-refractivity contribution >= 4 is 27.7 Å². The van der Waals surface area contributed by atoms with Crippen LogP contribution in [0.1, 0.15) is 18.6 Å². The second-order valence-electron chi connectivity index (χ2n) is 6.87. The van der Waals surface area contributed by atoms with E-state index in [1.54, 1.807) is 55.5 Å². The Labute approximate surface area is 168 Å². The van der Waals surface area contributed by atoms with Gasteiger partial charge in [-0.2, -0.15) is 4.31 Å². The number of sulfonamides is 1. The summed E-state index contributed by atoms with van der Waals surface area (Å²) in [6, 6.07) is 10.1. The van der Waals surface area contributed by atoms with E-state index in [0.29, 0.717) is 44.0 Å². The molecule has 7 nitrogen and oxygen atoms in total. The second-order valence-corrected chi connectivity index (χ2v) is 10.1. The van der Waals surface area contributed by atoms with E-state index in [0.717, 1.165) is 5.76 Å². The number of hydrogen-bond donors (Lipinski definition) is 0. The maximum atomic E-state index is 13.0. The number of amides is 1. The predicted octanol–water partition coefficient (Wildman–Crippen LogP) is 2.54. The molecule has 1 aromatic heterocycles. The van der Waals surface area contributed by atoms with Crippen molar-refractivity contribution < 1.29 is 22.4 Å². The minimum Gasteiger partial charge on any atom is -0.497 e. The van der Waals surface area contributed by atoms with Crippen LogP contribution in [0, 0.1) is 0 Å². The molecule has 1 spiro atoms. The van der Waals surface area contributed by atoms with E-state index in [4.69, 9.17) is 9.15 Å². The van der Waals surface area contributed by atoms with Crippen molar-refractivity contribution in [2.24, 2.45) is 0 Å². The number of methoxy groups -OCH3 is 1. The molecule has 0 bridgehead atoms. The molecule has 0 aliphatic carbocycles. The third kappa shape index (κ3) is 3.42. The standard InChI is InChI=1S/C19H22N2O5S2/c1-25-15-4-6-17(7-5-15)28(23,24)20-10-8-19(9-11-20)21(18(22)14-27-19)13-16-3-2-12-26-16/h2-7,12H,8-11,13-14H2,1H3. The van der Waals surface area contributed by atoms with Gasteiger partial charge >= 0.3 is 0 Å². The first-order chi connectivity index (χ1) is 13.4. The highest BCUT2D eigenvalue weighted by atomic mass is 32.2. The van der Waals surface area contributed by atoms with E-state index in [1.807, 2.05) is 11.0 Å². The van der Waals surface area contributed by atoms with Crippen LogP contribution in [0.15, 0.2) is 52.0 Å². The average molecular weight is 423 g/mol. The number of carbonyl (C=O) groups excluding carboxylic acids is 1. The van der Waals surface area contributed by atoms with Gasteiger partial charge in [-0.05, 0) is 49.2 Å². The minimum atomic E-state index is -3.57. The van der Waals surface area contributed by atoms with E-state index in [2.05, 4.69) is 0 Å². The van der Waals surface area contributed by atoms with Crippen molar-refractivity contribution in [3.8, 4) is 5.75 Å². The van der Waals surface area contributed by atoms with Gasteiger partial charge in [0.15, 0.2) is 0 Å². The lowest BCUT2D eigenvalue weighted by atomic mass is 10.0. The molecule has 0 atom stereocenters. The summed E-state index contributed by atoms with van der Waals surface area (Å²) in [4.78, 5) is 14.2. The topological polar surface area (TPSA) is 80.1 Å². The lowest BCUT2D eigenvalue weighted by molar-refractivity contribution is -0.132. The first kappa shape index (κ1) is 19.4. The van der Waals surface area contributed by atoms with Crippen molar-refractivity contribution in [2.75, 3.05) is 26.0 Å². The van der Waals surface area contributed by atoms with Gasteiger partial charge in [0.25, 0.3) is 0 Å². The number of benzene rings is 1. The molecule has 3 heterocycles. The molecule has 2 aliphatic rings. The van der Waals surface area contributed by atoms with E-state index in [9.17, 15) is 13.2 Å². The number of hydrogen-bond acceptors (Lipinski definition) is 6. The Balaban J connectivity index is 1.49. The van der Waals surface area contributed by atoms with Crippen LogP contribution in [0.3, 0.4) is 0 Å². The largest absolute Gasteiger partial charge is 0.497 e. The molecule has 150 valence electrons. The highest BCUT2D eigenvalue weighted by Crippen LogP contribution is 2.45. The highest BCUT2D eigenvalue weighted by molar-refractivity contribution is 8.01. The van der Waals surface area contributed by atoms with Gasteiger partial charge in [-0.1, -0.05) is 0 Å². The van der Waals surface area contributed by atoms with Gasteiger partial charge in [0.1, 0.15) is 11.5 Å². The van der Waals surface area contributed by atoms with Crippen molar-refractivity contribution in [1.29, 1.82) is 0 Å². The third-order valence-electron chi connectivity index (χ3n) is 5.35. The van der Waals surface area contributed by atoms with Crippen LogP contribution >= 0.6 is 11.8 Å². The van der Waals surface area contributed by atoms with E-state index < -0.39 is 10.0 Å². The fourth-order valence-corrected chi connectivity index (χ4v) is 6.54. The monoisotopic (exact) mass is 422 g/mol. The number of carbonyl (C=O) groups is 1. The third-order valence-corrected chi connectivity index (χ3v) is 8.82. The molecule has 9 heteroatoms. The molecule has 2 aromatic rings. The predicted molar refractivity (Wildman–Crippen MR) is 105 cm³/mol. The Morgan fingerprint density at radius 1 is 1.18 bits per heavy atom. The van der Waals surface area contributed by atoms with Crippen LogP contribution in [0.2, 0.25) is 0 Å². The summed E-state index contributed by atoms with van der Waals surface area (Å²) in [6.07, 6.45) is 2.79. The summed E-state index contributed by atoms with van der Waals surface area (Å²) in [5.41, 5.74) is 0. The number of ether oxygens (including phenoxy) is 1. The summed E-state index contributed by atoms with van der Waals surface area (Å²) in [5.74, 6) is 1.86. The first-order valence-electron chi connectivity index (χ1n) is 9.06. The van der Waals surface area contributed by atoms with Crippen LogP contribution in [-0.4, -0.2) is 54.4 Å². The Morgan fingerprint density at radius 2 is 1.89 bits per heavy atom. The fourth-order valence-electron chi connectivity index (χ4n) is 3.76. The zero-order valence-corrected chi connectivity index (χ0v) is 17.2. The summed E-state index contributed by atoms with van der Waals surface area (Å²) in [5, 5.41) is 0. The van der Waals surface area contributed by atoms with Crippen molar-refractivity contribution in [3.05, 3.63) is 48.4 Å². The molecule has 2 fully saturated rings. The minimum absolute atomic E-state index is 0.0767. The molecule has 4 rings (SSSR count). The van der Waals surface area contributed by atoms with Gasteiger partial charge in [-0.25, -0.2) is 8.42 Å². The number of thioether (sulfide) groups is 1. The lowest BCUT2D eigenvalue weighted by Gasteiger charge is -2.43. The molecule has 1 amide bonds. The van der Waals surface area contributed by atoms with Gasteiger partial charge in [-0.3, -0.25) is 4.79 Å². The zero-order chi connectivity index (χ0) is 19.8. The molecule has 0 N–H and O–H groups in total. The SMILES string of the molecule is COc1ccc(S(=O)(=O)N2CCC3(CC2)SCC(=O)N3Cc2ccco2)cc1. The number of piperidine rings is 1. The Morgan fingerprint density at radius 3 is 2.50 bits per heavy atom. The lowest BCUT2D eigenvalue weighted by Crippen LogP contribution is -2.52. The van der Waals surface area contributed by atoms with Crippen LogP contribution in [-0.2, 0) is 21.4 Å². The van der Waals surface area contributed by atoms with Crippen molar-refractivity contribution in [1.82, 2.24) is 9.21 Å². The van der Waals surface area contributed by atoms with Gasteiger partial charge < -0.3 is 14.1 Å². The number of rotatable bonds is 5. The van der Waals surface area contributed by atoms with E-state index in [-0.39, 0.29) is 15.7 Å². The molecule has 0 radical (unpaired) electrons. The average Bonchev–Trinajstić information content (AvgIpc) is 3.33. The normalized spacial score (nSPS) is 20.0. The second kappa shape index (κ2) is 7.46. The maximum absolute atomic E-state index is 13.0. The molecular formula is C19H22N2O5S2. The summed E-state index contributed by atoms with van der Waals surface area (Å²) in [7, 11) is -2.02. The van der Waals surface area contributed by atoms with Crippen molar-refractivity contribution in [2.45, 2.75) is 29.2 Å². The molecule has 0 unspecified atom stereocenters. The van der Waals surface area contributed by atoms with Crippen LogP contribution in [0.4, 0.5) is 0 Å². The quantitative estimate of drug-likeness (QED) is 0.737. The first-order valence-corrected chi connectivity index (χ1v) is 11.5. The highest BCUT2D eigenvalue weighted by Gasteiger charge is 2.49. The molecule has 2 aliphatic heterocycles. The van der Waals surface area contributed by atoms with Gasteiger partial charge in [0, 0.05) is 13.1 Å². The van der Waals surface area contributed by atoms with Crippen LogP contribution in [0.5, 0.6) is 5.75 Å². The number of furan rings is 1. The van der Waals surface area contributed by atoms with Gasteiger partial charge in [-0.15, -0.1) is 11.8 Å². The Bertz CT molecular complexity index is 933. The molecule has 2 saturated heterocycles. The van der Waals surface area contributed by atoms with Gasteiger partial charge in [0.2, 0.25) is 15.9 Å². The molecular weight excluding hydrogens is 400 g/mol. The fraction of sp³-hybridized carbons (Fsp3) is 0.421. The Kier molecular flexibility index (Phi) is 5.15. The summed E-state index contributed by atoms with van der Waals surface area (Å²) in [6.45, 7) is 1.18. The van der Waals surface area contributed by atoms with E-state index >= 15 is 0 Å². The number of nitrogens with zero attached hydrogens (tertiary/aromatic N) is 2. The Hall–Kier alpha value is -1.97. The summed E-state index contributed by atoms with van der Waals surface area (Å²) >= 11 is 1.61. The molecule has 0 saturated carbocycles. The molecule has 28 heavy (non-hydrogen) atoms. The van der Waals surface area contributed by atoms with E-state index in [1.165, 1.54) is 4.31 Å². The van der Waals surface area contributed by atoms with Crippen LogP contribution in [0.25, 0.3) is 0 Å². The van der Waals surface area contributed by atoms with Crippen LogP contribution < -0.4 is 4.74 Å². The molecule has 1 aromatic carbocycles. The maximum Gasteiger partial charge on any atom is 0.243 e.